The SMILES string of the molecule is CC1(NC(=O)c2sc3cccc(Br)c3c2N)CCCC1. The molecule has 0 saturated heterocycles. The summed E-state index contributed by atoms with van der Waals surface area (Å²) in [4.78, 5) is 13.1. The van der Waals surface area contributed by atoms with Gasteiger partial charge in [-0.05, 0) is 31.9 Å². The van der Waals surface area contributed by atoms with E-state index in [0.717, 1.165) is 27.4 Å². The van der Waals surface area contributed by atoms with Crippen molar-refractivity contribution in [1.82, 2.24) is 5.32 Å². The van der Waals surface area contributed by atoms with Crippen molar-refractivity contribution in [1.29, 1.82) is 0 Å². The molecule has 5 heteroatoms. The average molecular weight is 353 g/mol. The summed E-state index contributed by atoms with van der Waals surface area (Å²) in [6.07, 6.45) is 4.47. The Morgan fingerprint density at radius 3 is 2.75 bits per heavy atom. The number of hydrogen-bond donors (Lipinski definition) is 2. The maximum atomic E-state index is 12.5. The van der Waals surface area contributed by atoms with E-state index in [0.29, 0.717) is 10.6 Å². The van der Waals surface area contributed by atoms with Gasteiger partial charge in [0.25, 0.3) is 5.91 Å². The minimum absolute atomic E-state index is 0.0417. The molecule has 0 bridgehead atoms. The molecule has 0 spiro atoms. The Kier molecular flexibility index (Phi) is 3.50. The molecule has 1 aliphatic rings. The topological polar surface area (TPSA) is 55.1 Å². The fourth-order valence-electron chi connectivity index (χ4n) is 2.91. The molecule has 0 radical (unpaired) electrons. The first kappa shape index (κ1) is 13.9. The zero-order chi connectivity index (χ0) is 14.3. The lowest BCUT2D eigenvalue weighted by molar-refractivity contribution is 0.0913. The number of rotatable bonds is 2. The van der Waals surface area contributed by atoms with Crippen LogP contribution in [0.4, 0.5) is 5.69 Å². The van der Waals surface area contributed by atoms with Crippen molar-refractivity contribution in [2.24, 2.45) is 0 Å². The van der Waals surface area contributed by atoms with Gasteiger partial charge < -0.3 is 11.1 Å². The highest BCUT2D eigenvalue weighted by molar-refractivity contribution is 9.10. The zero-order valence-corrected chi connectivity index (χ0v) is 13.7. The third-order valence-corrected chi connectivity index (χ3v) is 5.86. The van der Waals surface area contributed by atoms with Crippen molar-refractivity contribution in [3.05, 3.63) is 27.5 Å². The number of carbonyl (C=O) groups is 1. The van der Waals surface area contributed by atoms with Crippen molar-refractivity contribution in [2.75, 3.05) is 5.73 Å². The van der Waals surface area contributed by atoms with Gasteiger partial charge in [0.15, 0.2) is 0 Å². The molecule has 1 aliphatic carbocycles. The summed E-state index contributed by atoms with van der Waals surface area (Å²) < 4.78 is 1.98. The van der Waals surface area contributed by atoms with Crippen LogP contribution in [0.2, 0.25) is 0 Å². The van der Waals surface area contributed by atoms with Crippen molar-refractivity contribution < 1.29 is 4.79 Å². The number of carbonyl (C=O) groups excluding carboxylic acids is 1. The number of halogens is 1. The van der Waals surface area contributed by atoms with Gasteiger partial charge in [0.1, 0.15) is 4.88 Å². The molecule has 1 fully saturated rings. The number of benzene rings is 1. The van der Waals surface area contributed by atoms with Crippen LogP contribution in [-0.4, -0.2) is 11.4 Å². The quantitative estimate of drug-likeness (QED) is 0.845. The Morgan fingerprint density at radius 1 is 1.40 bits per heavy atom. The molecule has 1 aromatic heterocycles. The fourth-order valence-corrected chi connectivity index (χ4v) is 4.66. The highest BCUT2D eigenvalue weighted by atomic mass is 79.9. The van der Waals surface area contributed by atoms with Gasteiger partial charge in [-0.3, -0.25) is 4.79 Å². The van der Waals surface area contributed by atoms with Crippen LogP contribution in [0.15, 0.2) is 22.7 Å². The number of nitrogen functional groups attached to an aromatic ring is 1. The predicted octanol–water partition coefficient (Wildman–Crippen LogP) is 4.31. The summed E-state index contributed by atoms with van der Waals surface area (Å²) in [5.74, 6) is -0.0417. The lowest BCUT2D eigenvalue weighted by Gasteiger charge is -2.25. The molecular weight excluding hydrogens is 336 g/mol. The number of amides is 1. The van der Waals surface area contributed by atoms with E-state index in [1.807, 2.05) is 18.2 Å². The van der Waals surface area contributed by atoms with Gasteiger partial charge >= 0.3 is 0 Å². The van der Waals surface area contributed by atoms with Crippen LogP contribution in [0.5, 0.6) is 0 Å². The summed E-state index contributed by atoms with van der Waals surface area (Å²) in [5.41, 5.74) is 6.69. The van der Waals surface area contributed by atoms with E-state index < -0.39 is 0 Å². The van der Waals surface area contributed by atoms with Crippen LogP contribution < -0.4 is 11.1 Å². The Morgan fingerprint density at radius 2 is 2.10 bits per heavy atom. The van der Waals surface area contributed by atoms with Gasteiger partial charge in [-0.1, -0.05) is 34.8 Å². The molecule has 2 aromatic rings. The number of thiophene rings is 1. The first-order chi connectivity index (χ1) is 9.50. The summed E-state index contributed by atoms with van der Waals surface area (Å²) in [6, 6.07) is 5.91. The summed E-state index contributed by atoms with van der Waals surface area (Å²) in [7, 11) is 0. The summed E-state index contributed by atoms with van der Waals surface area (Å²) >= 11 is 4.97. The normalized spacial score (nSPS) is 17.5. The van der Waals surface area contributed by atoms with E-state index in [4.69, 9.17) is 5.73 Å². The van der Waals surface area contributed by atoms with Crippen LogP contribution in [0.1, 0.15) is 42.3 Å². The average Bonchev–Trinajstić information content (AvgIpc) is 2.95. The predicted molar refractivity (Wildman–Crippen MR) is 88.3 cm³/mol. The van der Waals surface area contributed by atoms with Crippen LogP contribution in [0, 0.1) is 0 Å². The zero-order valence-electron chi connectivity index (χ0n) is 11.3. The highest BCUT2D eigenvalue weighted by Crippen LogP contribution is 2.38. The van der Waals surface area contributed by atoms with Crippen LogP contribution in [0.3, 0.4) is 0 Å². The second-order valence-electron chi connectivity index (χ2n) is 5.68. The van der Waals surface area contributed by atoms with Crippen molar-refractivity contribution in [3.8, 4) is 0 Å². The molecule has 0 aliphatic heterocycles. The first-order valence-corrected chi connectivity index (χ1v) is 8.40. The summed E-state index contributed by atoms with van der Waals surface area (Å²) in [6.45, 7) is 2.12. The standard InChI is InChI=1S/C15H17BrN2OS/c1-15(7-2-3-8-15)18-14(19)13-12(17)11-9(16)5-4-6-10(11)20-13/h4-6H,2-3,7-8,17H2,1H3,(H,18,19). The smallest absolute Gasteiger partial charge is 0.263 e. The molecule has 3 nitrogen and oxygen atoms in total. The Bertz CT molecular complexity index is 674. The molecule has 0 unspecified atom stereocenters. The third kappa shape index (κ3) is 2.33. The minimum atomic E-state index is -0.0725. The van der Waals surface area contributed by atoms with Crippen molar-refractivity contribution >= 4 is 48.9 Å². The van der Waals surface area contributed by atoms with Crippen LogP contribution in [0.25, 0.3) is 10.1 Å². The van der Waals surface area contributed by atoms with E-state index in [1.165, 1.54) is 24.2 Å². The van der Waals surface area contributed by atoms with E-state index in [2.05, 4.69) is 28.2 Å². The first-order valence-electron chi connectivity index (χ1n) is 6.79. The van der Waals surface area contributed by atoms with Gasteiger partial charge in [0.2, 0.25) is 0 Å². The molecule has 20 heavy (non-hydrogen) atoms. The molecule has 3 rings (SSSR count). The van der Waals surface area contributed by atoms with E-state index in [9.17, 15) is 4.79 Å². The van der Waals surface area contributed by atoms with Crippen LogP contribution in [-0.2, 0) is 0 Å². The second-order valence-corrected chi connectivity index (χ2v) is 7.59. The molecule has 1 amide bonds. The highest BCUT2D eigenvalue weighted by Gasteiger charge is 2.31. The van der Waals surface area contributed by atoms with E-state index in [1.54, 1.807) is 0 Å². The maximum absolute atomic E-state index is 12.5. The van der Waals surface area contributed by atoms with Gasteiger partial charge in [-0.2, -0.15) is 0 Å². The van der Waals surface area contributed by atoms with Gasteiger partial charge in [0.05, 0.1) is 5.69 Å². The fraction of sp³-hybridized carbons (Fsp3) is 0.400. The molecule has 106 valence electrons. The Hall–Kier alpha value is -1.07. The summed E-state index contributed by atoms with van der Waals surface area (Å²) in [5, 5.41) is 4.11. The van der Waals surface area contributed by atoms with E-state index >= 15 is 0 Å². The second kappa shape index (κ2) is 5.04. The lowest BCUT2D eigenvalue weighted by Crippen LogP contribution is -2.43. The molecule has 1 aromatic carbocycles. The molecule has 1 saturated carbocycles. The molecule has 1 heterocycles. The largest absolute Gasteiger partial charge is 0.397 e. The third-order valence-electron chi connectivity index (χ3n) is 4.03. The number of nitrogens with one attached hydrogen (secondary N) is 1. The molecular formula is C15H17BrN2OS. The van der Waals surface area contributed by atoms with Crippen molar-refractivity contribution in [2.45, 2.75) is 38.1 Å². The number of nitrogens with two attached hydrogens (primary N) is 1. The lowest BCUT2D eigenvalue weighted by atomic mass is 10.0. The van der Waals surface area contributed by atoms with Gasteiger partial charge in [0, 0.05) is 20.1 Å². The van der Waals surface area contributed by atoms with Crippen molar-refractivity contribution in [3.63, 3.8) is 0 Å². The maximum Gasteiger partial charge on any atom is 0.263 e. The number of fused-ring (bicyclic) bond motifs is 1. The van der Waals surface area contributed by atoms with Gasteiger partial charge in [-0.15, -0.1) is 11.3 Å². The van der Waals surface area contributed by atoms with E-state index in [-0.39, 0.29) is 11.4 Å². The van der Waals surface area contributed by atoms with Gasteiger partial charge in [-0.25, -0.2) is 0 Å². The minimum Gasteiger partial charge on any atom is -0.397 e. The van der Waals surface area contributed by atoms with Crippen LogP contribution >= 0.6 is 27.3 Å². The molecule has 0 atom stereocenters. The number of hydrogen-bond acceptors (Lipinski definition) is 3. The molecule has 3 N–H and O–H groups in total. The Balaban J connectivity index is 1.96. The number of anilines is 1. The Labute approximate surface area is 130 Å². The monoisotopic (exact) mass is 352 g/mol.